The highest BCUT2D eigenvalue weighted by atomic mass is 19.1. The molecule has 0 radical (unpaired) electrons. The Morgan fingerprint density at radius 3 is 2.74 bits per heavy atom. The molecular weight excluding hydrogens is 241 g/mol. The van der Waals surface area contributed by atoms with E-state index < -0.39 is 11.9 Å². The van der Waals surface area contributed by atoms with Gasteiger partial charge in [0.1, 0.15) is 5.82 Å². The average Bonchev–Trinajstić information content (AvgIpc) is 2.45. The Morgan fingerprint density at radius 2 is 2.00 bits per heavy atom. The second kappa shape index (κ2) is 6.03. The van der Waals surface area contributed by atoms with Gasteiger partial charge in [0.15, 0.2) is 0 Å². The van der Waals surface area contributed by atoms with Crippen LogP contribution in [0, 0.1) is 18.2 Å². The molecule has 2 aromatic rings. The molecule has 0 aliphatic carbocycles. The molecule has 2 N–H and O–H groups in total. The predicted molar refractivity (Wildman–Crippen MR) is 74.2 cm³/mol. The lowest BCUT2D eigenvalue weighted by Crippen LogP contribution is -2.13. The summed E-state index contributed by atoms with van der Waals surface area (Å²) in [6, 6.07) is 13.5. The Balaban J connectivity index is 2.03. The van der Waals surface area contributed by atoms with Crippen LogP contribution in [0.5, 0.6) is 0 Å². The molecule has 0 fully saturated rings. The summed E-state index contributed by atoms with van der Waals surface area (Å²) in [5.41, 5.74) is 1.83. The van der Waals surface area contributed by atoms with Gasteiger partial charge in [0.2, 0.25) is 0 Å². The van der Waals surface area contributed by atoms with E-state index in [1.165, 1.54) is 6.07 Å². The van der Waals surface area contributed by atoms with Crippen LogP contribution in [-0.2, 0) is 0 Å². The zero-order chi connectivity index (χ0) is 13.7. The highest BCUT2D eigenvalue weighted by Crippen LogP contribution is 2.18. The fraction of sp³-hybridized carbons (Fsp3) is 0.125. The van der Waals surface area contributed by atoms with Crippen LogP contribution in [0.25, 0.3) is 0 Å². The molecule has 19 heavy (non-hydrogen) atoms. The number of hydrogen-bond donors (Lipinski definition) is 2. The molecule has 0 aliphatic heterocycles. The summed E-state index contributed by atoms with van der Waals surface area (Å²) in [5, 5.41) is 13.0. The summed E-state index contributed by atoms with van der Waals surface area (Å²) in [6.07, 6.45) is 4.40. The summed E-state index contributed by atoms with van der Waals surface area (Å²) in [6.45, 7) is 0.217. The van der Waals surface area contributed by atoms with E-state index in [1.54, 1.807) is 24.3 Å². The maximum atomic E-state index is 13.5. The molecule has 0 aromatic heterocycles. The Morgan fingerprint density at radius 1 is 1.21 bits per heavy atom. The van der Waals surface area contributed by atoms with Crippen molar-refractivity contribution in [2.24, 2.45) is 0 Å². The molecule has 3 heteroatoms. The van der Waals surface area contributed by atoms with Gasteiger partial charge in [0, 0.05) is 23.4 Å². The monoisotopic (exact) mass is 255 g/mol. The van der Waals surface area contributed by atoms with Gasteiger partial charge in [0.25, 0.3) is 0 Å². The quantitative estimate of drug-likeness (QED) is 0.823. The SMILES string of the molecule is C#Cc1cccc(NCC(O)c2ccccc2F)c1. The lowest BCUT2D eigenvalue weighted by atomic mass is 10.1. The van der Waals surface area contributed by atoms with Gasteiger partial charge in [-0.3, -0.25) is 0 Å². The fourth-order valence-corrected chi connectivity index (χ4v) is 1.79. The maximum absolute atomic E-state index is 13.5. The number of aliphatic hydroxyl groups excluding tert-OH is 1. The molecule has 1 unspecified atom stereocenters. The first-order valence-electron chi connectivity index (χ1n) is 5.94. The van der Waals surface area contributed by atoms with Crippen molar-refractivity contribution in [1.82, 2.24) is 0 Å². The summed E-state index contributed by atoms with van der Waals surface area (Å²) < 4.78 is 13.5. The molecule has 96 valence electrons. The predicted octanol–water partition coefficient (Wildman–Crippen LogP) is 2.95. The molecule has 0 saturated heterocycles. The van der Waals surface area contributed by atoms with Crippen molar-refractivity contribution in [2.75, 3.05) is 11.9 Å². The highest BCUT2D eigenvalue weighted by Gasteiger charge is 2.11. The molecule has 2 aromatic carbocycles. The number of hydrogen-bond acceptors (Lipinski definition) is 2. The van der Waals surface area contributed by atoms with Crippen LogP contribution in [0.3, 0.4) is 0 Å². The van der Waals surface area contributed by atoms with Gasteiger partial charge in [-0.05, 0) is 24.3 Å². The van der Waals surface area contributed by atoms with E-state index in [0.717, 1.165) is 11.3 Å². The summed E-state index contributed by atoms with van der Waals surface area (Å²) in [4.78, 5) is 0. The highest BCUT2D eigenvalue weighted by molar-refractivity contribution is 5.50. The van der Waals surface area contributed by atoms with Crippen LogP contribution < -0.4 is 5.32 Å². The Kier molecular flexibility index (Phi) is 4.17. The van der Waals surface area contributed by atoms with Crippen molar-refractivity contribution in [3.8, 4) is 12.3 Å². The second-order valence-corrected chi connectivity index (χ2v) is 4.14. The van der Waals surface area contributed by atoms with Crippen molar-refractivity contribution in [3.63, 3.8) is 0 Å². The van der Waals surface area contributed by atoms with Crippen LogP contribution in [-0.4, -0.2) is 11.7 Å². The fourth-order valence-electron chi connectivity index (χ4n) is 1.79. The number of aliphatic hydroxyl groups is 1. The van der Waals surface area contributed by atoms with Crippen LogP contribution >= 0.6 is 0 Å². The molecule has 0 amide bonds. The minimum absolute atomic E-state index is 0.217. The van der Waals surface area contributed by atoms with Crippen molar-refractivity contribution >= 4 is 5.69 Å². The van der Waals surface area contributed by atoms with Crippen molar-refractivity contribution in [3.05, 3.63) is 65.5 Å². The first-order chi connectivity index (χ1) is 9.20. The lowest BCUT2D eigenvalue weighted by molar-refractivity contribution is 0.186. The van der Waals surface area contributed by atoms with Gasteiger partial charge in [-0.1, -0.05) is 30.2 Å². The normalized spacial score (nSPS) is 11.6. The van der Waals surface area contributed by atoms with Crippen LogP contribution in [0.1, 0.15) is 17.2 Å². The zero-order valence-corrected chi connectivity index (χ0v) is 10.3. The Hall–Kier alpha value is -2.31. The number of nitrogens with one attached hydrogen (secondary N) is 1. The van der Waals surface area contributed by atoms with Crippen molar-refractivity contribution in [2.45, 2.75) is 6.10 Å². The van der Waals surface area contributed by atoms with E-state index in [9.17, 15) is 9.50 Å². The van der Waals surface area contributed by atoms with Crippen LogP contribution in [0.2, 0.25) is 0 Å². The molecule has 0 heterocycles. The van der Waals surface area contributed by atoms with Gasteiger partial charge >= 0.3 is 0 Å². The van der Waals surface area contributed by atoms with E-state index in [2.05, 4.69) is 11.2 Å². The van der Waals surface area contributed by atoms with E-state index in [4.69, 9.17) is 6.42 Å². The van der Waals surface area contributed by atoms with E-state index in [0.29, 0.717) is 0 Å². The smallest absolute Gasteiger partial charge is 0.129 e. The topological polar surface area (TPSA) is 32.3 Å². The maximum Gasteiger partial charge on any atom is 0.129 e. The van der Waals surface area contributed by atoms with E-state index >= 15 is 0 Å². The summed E-state index contributed by atoms with van der Waals surface area (Å²) in [5.74, 6) is 2.13. The molecule has 0 spiro atoms. The molecule has 2 nitrogen and oxygen atoms in total. The number of halogens is 1. The van der Waals surface area contributed by atoms with Crippen LogP contribution in [0.4, 0.5) is 10.1 Å². The third-order valence-corrected chi connectivity index (χ3v) is 2.79. The summed E-state index contributed by atoms with van der Waals surface area (Å²) >= 11 is 0. The van der Waals surface area contributed by atoms with E-state index in [1.807, 2.05) is 18.2 Å². The molecule has 0 saturated carbocycles. The van der Waals surface area contributed by atoms with Gasteiger partial charge < -0.3 is 10.4 Å². The third kappa shape index (κ3) is 3.34. The first kappa shape index (κ1) is 13.1. The van der Waals surface area contributed by atoms with Gasteiger partial charge in [-0.25, -0.2) is 4.39 Å². The first-order valence-corrected chi connectivity index (χ1v) is 5.94. The number of rotatable bonds is 4. The van der Waals surface area contributed by atoms with Gasteiger partial charge in [-0.2, -0.15) is 0 Å². The summed E-state index contributed by atoms with van der Waals surface area (Å²) in [7, 11) is 0. The molecule has 0 aliphatic rings. The minimum atomic E-state index is -0.907. The molecule has 0 bridgehead atoms. The average molecular weight is 255 g/mol. The second-order valence-electron chi connectivity index (χ2n) is 4.14. The third-order valence-electron chi connectivity index (χ3n) is 2.79. The van der Waals surface area contributed by atoms with Crippen molar-refractivity contribution in [1.29, 1.82) is 0 Å². The lowest BCUT2D eigenvalue weighted by Gasteiger charge is -2.14. The molecule has 1 atom stereocenters. The Labute approximate surface area is 111 Å². The van der Waals surface area contributed by atoms with E-state index in [-0.39, 0.29) is 12.1 Å². The zero-order valence-electron chi connectivity index (χ0n) is 10.3. The number of anilines is 1. The number of terminal acetylenes is 1. The van der Waals surface area contributed by atoms with Crippen molar-refractivity contribution < 1.29 is 9.50 Å². The molecular formula is C16H14FNO. The standard InChI is InChI=1S/C16H14FNO/c1-2-12-6-5-7-13(10-12)18-11-16(19)14-8-3-4-9-15(14)17/h1,3-10,16,18-19H,11H2. The minimum Gasteiger partial charge on any atom is -0.386 e. The van der Waals surface area contributed by atoms with Gasteiger partial charge in [0.05, 0.1) is 6.10 Å². The van der Waals surface area contributed by atoms with Gasteiger partial charge in [-0.15, -0.1) is 6.42 Å². The van der Waals surface area contributed by atoms with Crippen LogP contribution in [0.15, 0.2) is 48.5 Å². The largest absolute Gasteiger partial charge is 0.386 e. The Bertz CT molecular complexity index is 604. The number of benzene rings is 2. The molecule has 2 rings (SSSR count).